The molecule has 0 bridgehead atoms. The lowest BCUT2D eigenvalue weighted by molar-refractivity contribution is 0.601. The normalized spacial score (nSPS) is 15.0. The van der Waals surface area contributed by atoms with Crippen molar-refractivity contribution in [2.75, 3.05) is 22.7 Å². The molecule has 0 radical (unpaired) electrons. The zero-order chi connectivity index (χ0) is 17.4. The lowest BCUT2D eigenvalue weighted by Gasteiger charge is -2.11. The lowest BCUT2D eigenvalue weighted by atomic mass is 10.2. The summed E-state index contributed by atoms with van der Waals surface area (Å²) in [5.41, 5.74) is 2.49. The Morgan fingerprint density at radius 1 is 1.08 bits per heavy atom. The van der Waals surface area contributed by atoms with Gasteiger partial charge < -0.3 is 4.90 Å². The number of hydrogen-bond donors (Lipinski definition) is 1. The summed E-state index contributed by atoms with van der Waals surface area (Å²) in [4.78, 5) is 7.22. The van der Waals surface area contributed by atoms with Crippen LogP contribution < -0.4 is 9.62 Å². The number of aromatic nitrogens is 1. The maximum atomic E-state index is 12.5. The highest BCUT2D eigenvalue weighted by Crippen LogP contribution is 2.32. The second kappa shape index (κ2) is 6.31. The summed E-state index contributed by atoms with van der Waals surface area (Å²) in [6.07, 6.45) is 2.41. The Kier molecular flexibility index (Phi) is 4.13. The van der Waals surface area contributed by atoms with Crippen LogP contribution in [0.1, 0.15) is 18.4 Å². The number of nitrogens with one attached hydrogen (secondary N) is 1. The molecule has 1 aromatic heterocycles. The van der Waals surface area contributed by atoms with Crippen molar-refractivity contribution in [2.45, 2.75) is 24.7 Å². The van der Waals surface area contributed by atoms with Crippen LogP contribution >= 0.6 is 11.3 Å². The SMILES string of the molecule is Cc1ccc(S(=O)(=O)Nc2ccc3nc(N4CCCC4)sc3c2)cc1. The summed E-state index contributed by atoms with van der Waals surface area (Å²) >= 11 is 1.61. The van der Waals surface area contributed by atoms with Crippen molar-refractivity contribution in [3.63, 3.8) is 0 Å². The fourth-order valence-electron chi connectivity index (χ4n) is 2.95. The summed E-state index contributed by atoms with van der Waals surface area (Å²) in [5, 5.41) is 1.02. The monoisotopic (exact) mass is 373 g/mol. The van der Waals surface area contributed by atoms with Crippen molar-refractivity contribution in [3.05, 3.63) is 48.0 Å². The van der Waals surface area contributed by atoms with Gasteiger partial charge >= 0.3 is 0 Å². The van der Waals surface area contributed by atoms with Crippen LogP contribution in [0.5, 0.6) is 0 Å². The minimum absolute atomic E-state index is 0.264. The molecule has 1 fully saturated rings. The zero-order valence-electron chi connectivity index (χ0n) is 13.9. The zero-order valence-corrected chi connectivity index (χ0v) is 15.5. The predicted molar refractivity (Wildman–Crippen MR) is 103 cm³/mol. The molecule has 1 N–H and O–H groups in total. The maximum absolute atomic E-state index is 12.5. The first kappa shape index (κ1) is 16.4. The van der Waals surface area contributed by atoms with Gasteiger partial charge in [0.2, 0.25) is 0 Å². The predicted octanol–water partition coefficient (Wildman–Crippen LogP) is 4.01. The van der Waals surface area contributed by atoms with Crippen molar-refractivity contribution >= 4 is 42.4 Å². The van der Waals surface area contributed by atoms with Gasteiger partial charge in [0.15, 0.2) is 5.13 Å². The maximum Gasteiger partial charge on any atom is 0.261 e. The Balaban J connectivity index is 1.61. The summed E-state index contributed by atoms with van der Waals surface area (Å²) in [7, 11) is -3.58. The quantitative estimate of drug-likeness (QED) is 0.751. The highest BCUT2D eigenvalue weighted by Gasteiger charge is 2.18. The summed E-state index contributed by atoms with van der Waals surface area (Å²) in [6.45, 7) is 4.03. The first-order valence-electron chi connectivity index (χ1n) is 8.26. The molecule has 1 saturated heterocycles. The molecule has 0 unspecified atom stereocenters. The van der Waals surface area contributed by atoms with Crippen molar-refractivity contribution in [1.29, 1.82) is 0 Å². The molecule has 0 atom stereocenters. The number of fused-ring (bicyclic) bond motifs is 1. The van der Waals surface area contributed by atoms with Crippen molar-refractivity contribution < 1.29 is 8.42 Å². The van der Waals surface area contributed by atoms with E-state index in [1.165, 1.54) is 12.8 Å². The highest BCUT2D eigenvalue weighted by molar-refractivity contribution is 7.92. The van der Waals surface area contributed by atoms with Crippen LogP contribution in [0.2, 0.25) is 0 Å². The Morgan fingerprint density at radius 3 is 2.52 bits per heavy atom. The van der Waals surface area contributed by atoms with Crippen LogP contribution in [0, 0.1) is 6.92 Å². The van der Waals surface area contributed by atoms with Gasteiger partial charge in [-0.15, -0.1) is 0 Å². The Labute approximate surface area is 151 Å². The summed E-state index contributed by atoms with van der Waals surface area (Å²) in [6, 6.07) is 12.3. The van der Waals surface area contributed by atoms with Gasteiger partial charge in [-0.1, -0.05) is 29.0 Å². The van der Waals surface area contributed by atoms with Crippen LogP contribution in [-0.2, 0) is 10.0 Å². The molecule has 0 aliphatic carbocycles. The third kappa shape index (κ3) is 3.34. The van der Waals surface area contributed by atoms with E-state index in [2.05, 4.69) is 14.6 Å². The standard InChI is InChI=1S/C18H19N3O2S2/c1-13-4-7-15(8-5-13)25(22,23)20-14-6-9-16-17(12-14)24-18(19-16)21-10-2-3-11-21/h4-9,12,20H,2-3,10-11H2,1H3. The van der Waals surface area contributed by atoms with E-state index < -0.39 is 10.0 Å². The topological polar surface area (TPSA) is 62.3 Å². The van der Waals surface area contributed by atoms with Gasteiger partial charge in [0.05, 0.1) is 20.8 Å². The Morgan fingerprint density at radius 2 is 1.80 bits per heavy atom. The fourth-order valence-corrected chi connectivity index (χ4v) is 5.06. The number of hydrogen-bond acceptors (Lipinski definition) is 5. The highest BCUT2D eigenvalue weighted by atomic mass is 32.2. The molecule has 4 rings (SSSR count). The Bertz CT molecular complexity index is 1000. The summed E-state index contributed by atoms with van der Waals surface area (Å²) in [5.74, 6) is 0. The van der Waals surface area contributed by atoms with Crippen molar-refractivity contribution in [2.24, 2.45) is 0 Å². The minimum atomic E-state index is -3.58. The van der Waals surface area contributed by atoms with Gasteiger partial charge in [-0.2, -0.15) is 0 Å². The summed E-state index contributed by atoms with van der Waals surface area (Å²) < 4.78 is 28.7. The van der Waals surface area contributed by atoms with Crippen molar-refractivity contribution in [3.8, 4) is 0 Å². The molecule has 0 amide bonds. The molecule has 1 aliphatic heterocycles. The van der Waals surface area contributed by atoms with E-state index in [-0.39, 0.29) is 4.90 Å². The third-order valence-electron chi connectivity index (χ3n) is 4.34. The van der Waals surface area contributed by atoms with Gasteiger partial charge in [-0.05, 0) is 50.1 Å². The van der Waals surface area contributed by atoms with Crippen LogP contribution in [0.25, 0.3) is 10.2 Å². The van der Waals surface area contributed by atoms with E-state index in [1.54, 1.807) is 41.7 Å². The average Bonchev–Trinajstić information content (AvgIpc) is 3.23. The number of thiazole rings is 1. The molecular formula is C18H19N3O2S2. The average molecular weight is 374 g/mol. The number of sulfonamides is 1. The molecular weight excluding hydrogens is 354 g/mol. The van der Waals surface area contributed by atoms with E-state index in [1.807, 2.05) is 19.1 Å². The van der Waals surface area contributed by atoms with E-state index in [4.69, 9.17) is 0 Å². The number of benzene rings is 2. The minimum Gasteiger partial charge on any atom is -0.348 e. The van der Waals surface area contributed by atoms with Gasteiger partial charge in [-0.3, -0.25) is 4.72 Å². The second-order valence-corrected chi connectivity index (χ2v) is 8.98. The number of aryl methyl sites for hydroxylation is 1. The van der Waals surface area contributed by atoms with E-state index in [0.717, 1.165) is 34.0 Å². The number of anilines is 2. The smallest absolute Gasteiger partial charge is 0.261 e. The lowest BCUT2D eigenvalue weighted by Crippen LogP contribution is -2.16. The van der Waals surface area contributed by atoms with Crippen LogP contribution in [0.4, 0.5) is 10.8 Å². The largest absolute Gasteiger partial charge is 0.348 e. The van der Waals surface area contributed by atoms with Gasteiger partial charge in [-0.25, -0.2) is 13.4 Å². The molecule has 3 aromatic rings. The van der Waals surface area contributed by atoms with E-state index >= 15 is 0 Å². The van der Waals surface area contributed by atoms with Crippen LogP contribution in [0.3, 0.4) is 0 Å². The van der Waals surface area contributed by atoms with Crippen LogP contribution in [-0.4, -0.2) is 26.5 Å². The van der Waals surface area contributed by atoms with Gasteiger partial charge in [0.1, 0.15) is 0 Å². The van der Waals surface area contributed by atoms with Crippen molar-refractivity contribution in [1.82, 2.24) is 4.98 Å². The number of nitrogens with zero attached hydrogens (tertiary/aromatic N) is 2. The first-order valence-corrected chi connectivity index (χ1v) is 10.6. The molecule has 2 aromatic carbocycles. The first-order chi connectivity index (χ1) is 12.0. The third-order valence-corrected chi connectivity index (χ3v) is 6.81. The number of rotatable bonds is 4. The van der Waals surface area contributed by atoms with Gasteiger partial charge in [0.25, 0.3) is 10.0 Å². The second-order valence-electron chi connectivity index (χ2n) is 6.29. The van der Waals surface area contributed by atoms with Crippen LogP contribution in [0.15, 0.2) is 47.4 Å². The molecule has 5 nitrogen and oxygen atoms in total. The molecule has 2 heterocycles. The van der Waals surface area contributed by atoms with E-state index in [9.17, 15) is 8.42 Å². The van der Waals surface area contributed by atoms with E-state index in [0.29, 0.717) is 5.69 Å². The Hall–Kier alpha value is -2.12. The molecule has 0 spiro atoms. The molecule has 0 saturated carbocycles. The molecule has 25 heavy (non-hydrogen) atoms. The molecule has 130 valence electrons. The molecule has 7 heteroatoms. The molecule has 1 aliphatic rings. The van der Waals surface area contributed by atoms with Gasteiger partial charge in [0, 0.05) is 13.1 Å². The fraction of sp³-hybridized carbons (Fsp3) is 0.278.